The fraction of sp³-hybridized carbons (Fsp3) is 0.227. The summed E-state index contributed by atoms with van der Waals surface area (Å²) in [5.74, 6) is 0.813. The zero-order chi connectivity index (χ0) is 20.4. The Morgan fingerprint density at radius 3 is 2.59 bits per heavy atom. The van der Waals surface area contributed by atoms with Gasteiger partial charge in [-0.25, -0.2) is 8.42 Å². The van der Waals surface area contributed by atoms with Crippen molar-refractivity contribution in [3.05, 3.63) is 60.7 Å². The van der Waals surface area contributed by atoms with Crippen molar-refractivity contribution in [2.24, 2.45) is 0 Å². The number of thioether (sulfide) groups is 1. The zero-order valence-electron chi connectivity index (χ0n) is 16.1. The molecule has 1 heterocycles. The molecule has 1 aliphatic heterocycles. The van der Waals surface area contributed by atoms with E-state index in [0.29, 0.717) is 17.0 Å². The zero-order valence-corrected chi connectivity index (χ0v) is 17.7. The summed E-state index contributed by atoms with van der Waals surface area (Å²) in [6.07, 6.45) is 0.696. The van der Waals surface area contributed by atoms with Gasteiger partial charge in [-0.05, 0) is 41.8 Å². The molecule has 0 unspecified atom stereocenters. The second kappa shape index (κ2) is 8.08. The second-order valence-electron chi connectivity index (χ2n) is 6.79. The van der Waals surface area contributed by atoms with Gasteiger partial charge in [-0.2, -0.15) is 0 Å². The van der Waals surface area contributed by atoms with Gasteiger partial charge in [0.15, 0.2) is 0 Å². The number of benzene rings is 3. The summed E-state index contributed by atoms with van der Waals surface area (Å²) in [6.45, 7) is 2.34. The molecule has 1 aliphatic rings. The first-order chi connectivity index (χ1) is 14.0. The number of hydrogen-bond acceptors (Lipinski definition) is 4. The van der Waals surface area contributed by atoms with E-state index in [4.69, 9.17) is 0 Å². The Hall–Kier alpha value is -2.51. The Balaban J connectivity index is 1.44. The molecule has 0 aromatic heterocycles. The highest BCUT2D eigenvalue weighted by Crippen LogP contribution is 2.42. The van der Waals surface area contributed by atoms with Gasteiger partial charge in [-0.15, -0.1) is 11.8 Å². The number of amides is 1. The van der Waals surface area contributed by atoms with Gasteiger partial charge in [0.1, 0.15) is 0 Å². The minimum absolute atomic E-state index is 0.110. The summed E-state index contributed by atoms with van der Waals surface area (Å²) < 4.78 is 27.4. The van der Waals surface area contributed by atoms with Crippen molar-refractivity contribution < 1.29 is 13.2 Å². The van der Waals surface area contributed by atoms with Gasteiger partial charge in [0.25, 0.3) is 10.0 Å². The van der Waals surface area contributed by atoms with Crippen molar-refractivity contribution in [1.29, 1.82) is 0 Å². The predicted molar refractivity (Wildman–Crippen MR) is 119 cm³/mol. The number of nitrogens with one attached hydrogen (secondary N) is 1. The average Bonchev–Trinajstić information content (AvgIpc) is 2.93. The van der Waals surface area contributed by atoms with Crippen molar-refractivity contribution in [2.45, 2.75) is 29.6 Å². The second-order valence-corrected chi connectivity index (χ2v) is 9.93. The maximum Gasteiger partial charge on any atom is 0.265 e. The van der Waals surface area contributed by atoms with Gasteiger partial charge < -0.3 is 5.32 Å². The van der Waals surface area contributed by atoms with E-state index in [0.717, 1.165) is 27.1 Å². The molecule has 0 saturated carbocycles. The van der Waals surface area contributed by atoms with E-state index in [9.17, 15) is 13.2 Å². The Labute approximate surface area is 175 Å². The molecule has 0 fully saturated rings. The van der Waals surface area contributed by atoms with Crippen LogP contribution in [0.1, 0.15) is 19.8 Å². The van der Waals surface area contributed by atoms with Crippen molar-refractivity contribution in [3.8, 4) is 0 Å². The molecule has 0 spiro atoms. The topological polar surface area (TPSA) is 66.5 Å². The lowest BCUT2D eigenvalue weighted by molar-refractivity contribution is -0.116. The van der Waals surface area contributed by atoms with Gasteiger partial charge in [0, 0.05) is 23.2 Å². The number of hydrogen-bond donors (Lipinski definition) is 1. The molecule has 4 rings (SSSR count). The molecular formula is C22H22N2O3S2. The standard InChI is InChI=1S/C22H22N2O3S2/c1-2-28-19-12-4-3-10-17(19)23-21(25)14-7-15-24-18-11-5-8-16-9-6-13-20(22(16)18)29(24,26)27/h3-6,8-13H,2,7,14-15H2,1H3,(H,23,25). The summed E-state index contributed by atoms with van der Waals surface area (Å²) in [4.78, 5) is 13.8. The smallest absolute Gasteiger partial charge is 0.265 e. The molecule has 0 atom stereocenters. The molecule has 0 aliphatic carbocycles. The van der Waals surface area contributed by atoms with E-state index < -0.39 is 10.0 Å². The first-order valence-corrected chi connectivity index (χ1v) is 12.0. The largest absolute Gasteiger partial charge is 0.325 e. The van der Waals surface area contributed by atoms with Crippen LogP contribution in [-0.2, 0) is 14.8 Å². The van der Waals surface area contributed by atoms with Crippen LogP contribution in [0.25, 0.3) is 10.8 Å². The molecule has 5 nitrogen and oxygen atoms in total. The Kier molecular flexibility index (Phi) is 5.52. The molecule has 1 N–H and O–H groups in total. The highest BCUT2D eigenvalue weighted by atomic mass is 32.2. The Bertz CT molecular complexity index is 1170. The van der Waals surface area contributed by atoms with E-state index in [1.165, 1.54) is 4.31 Å². The summed E-state index contributed by atoms with van der Waals surface area (Å²) in [5.41, 5.74) is 1.50. The average molecular weight is 427 g/mol. The highest BCUT2D eigenvalue weighted by Gasteiger charge is 2.35. The summed E-state index contributed by atoms with van der Waals surface area (Å²) in [7, 11) is -3.57. The van der Waals surface area contributed by atoms with Gasteiger partial charge in [-0.3, -0.25) is 9.10 Å². The molecule has 7 heteroatoms. The normalized spacial score (nSPS) is 14.3. The van der Waals surface area contributed by atoms with Crippen LogP contribution in [0.4, 0.5) is 11.4 Å². The van der Waals surface area contributed by atoms with Crippen LogP contribution in [-0.4, -0.2) is 26.6 Å². The molecule has 3 aromatic carbocycles. The minimum Gasteiger partial charge on any atom is -0.325 e. The number of rotatable bonds is 7. The Morgan fingerprint density at radius 2 is 1.79 bits per heavy atom. The van der Waals surface area contributed by atoms with Crippen LogP contribution in [0, 0.1) is 0 Å². The predicted octanol–water partition coefficient (Wildman–Crippen LogP) is 4.88. The van der Waals surface area contributed by atoms with E-state index in [-0.39, 0.29) is 18.9 Å². The van der Waals surface area contributed by atoms with Gasteiger partial charge >= 0.3 is 0 Å². The lowest BCUT2D eigenvalue weighted by Gasteiger charge is -2.18. The van der Waals surface area contributed by atoms with Crippen molar-refractivity contribution in [1.82, 2.24) is 0 Å². The lowest BCUT2D eigenvalue weighted by Crippen LogP contribution is -2.29. The van der Waals surface area contributed by atoms with Crippen molar-refractivity contribution >= 4 is 49.8 Å². The monoisotopic (exact) mass is 426 g/mol. The van der Waals surface area contributed by atoms with Crippen molar-refractivity contribution in [3.63, 3.8) is 0 Å². The maximum absolute atomic E-state index is 13.0. The number of nitrogens with zero attached hydrogens (tertiary/aromatic N) is 1. The molecule has 0 saturated heterocycles. The van der Waals surface area contributed by atoms with Crippen LogP contribution in [0.15, 0.2) is 70.5 Å². The minimum atomic E-state index is -3.57. The Morgan fingerprint density at radius 1 is 1.03 bits per heavy atom. The summed E-state index contributed by atoms with van der Waals surface area (Å²) in [5, 5.41) is 4.63. The van der Waals surface area contributed by atoms with Gasteiger partial charge in [-0.1, -0.05) is 43.3 Å². The fourth-order valence-corrected chi connectivity index (χ4v) is 6.16. The summed E-state index contributed by atoms with van der Waals surface area (Å²) >= 11 is 1.68. The van der Waals surface area contributed by atoms with Crippen LogP contribution in [0.5, 0.6) is 0 Å². The summed E-state index contributed by atoms with van der Waals surface area (Å²) in [6, 6.07) is 18.7. The van der Waals surface area contributed by atoms with Gasteiger partial charge in [0.05, 0.1) is 16.3 Å². The number of carbonyl (C=O) groups excluding carboxylic acids is 1. The van der Waals surface area contributed by atoms with Crippen molar-refractivity contribution in [2.75, 3.05) is 21.9 Å². The molecule has 150 valence electrons. The molecule has 0 bridgehead atoms. The molecule has 29 heavy (non-hydrogen) atoms. The first kappa shape index (κ1) is 19.8. The third-order valence-corrected chi connectivity index (χ3v) is 7.72. The number of para-hydroxylation sites is 1. The SMILES string of the molecule is CCSc1ccccc1NC(=O)CCCN1c2cccc3cccc(c23)S1(=O)=O. The fourth-order valence-electron chi connectivity index (χ4n) is 3.65. The van der Waals surface area contributed by atoms with Crippen LogP contribution in [0.2, 0.25) is 0 Å². The molecule has 3 aromatic rings. The van der Waals surface area contributed by atoms with E-state index in [2.05, 4.69) is 12.2 Å². The van der Waals surface area contributed by atoms with Gasteiger partial charge in [0.2, 0.25) is 5.91 Å². The van der Waals surface area contributed by atoms with E-state index >= 15 is 0 Å². The third kappa shape index (κ3) is 3.72. The quantitative estimate of drug-likeness (QED) is 0.547. The van der Waals surface area contributed by atoms with Crippen LogP contribution in [0.3, 0.4) is 0 Å². The molecule has 1 amide bonds. The lowest BCUT2D eigenvalue weighted by atomic mass is 10.1. The van der Waals surface area contributed by atoms with Crippen LogP contribution < -0.4 is 9.62 Å². The third-order valence-electron chi connectivity index (χ3n) is 4.91. The number of sulfonamides is 1. The first-order valence-electron chi connectivity index (χ1n) is 9.58. The van der Waals surface area contributed by atoms with E-state index in [1.807, 2.05) is 48.5 Å². The maximum atomic E-state index is 13.0. The highest BCUT2D eigenvalue weighted by molar-refractivity contribution is 7.99. The molecular weight excluding hydrogens is 404 g/mol. The van der Waals surface area contributed by atoms with E-state index in [1.54, 1.807) is 23.9 Å². The van der Waals surface area contributed by atoms with Crippen LogP contribution >= 0.6 is 11.8 Å². The molecule has 0 radical (unpaired) electrons. The number of carbonyl (C=O) groups is 1. The number of anilines is 2.